The molecule has 1 aliphatic heterocycles. The summed E-state index contributed by atoms with van der Waals surface area (Å²) in [4.78, 5) is 31.7. The molecular formula is C27H24F2N4O3. The first-order valence-corrected chi connectivity index (χ1v) is 11.5. The summed E-state index contributed by atoms with van der Waals surface area (Å²) < 4.78 is 29.1. The minimum atomic E-state index is -1.05. The van der Waals surface area contributed by atoms with Gasteiger partial charge in [-0.25, -0.2) is 18.6 Å². The lowest BCUT2D eigenvalue weighted by molar-refractivity contribution is 0.0698. The van der Waals surface area contributed by atoms with Gasteiger partial charge in [0.2, 0.25) is 0 Å². The molecule has 0 amide bonds. The second-order valence-corrected chi connectivity index (χ2v) is 9.14. The number of pyridine rings is 1. The van der Waals surface area contributed by atoms with E-state index < -0.39 is 17.6 Å². The van der Waals surface area contributed by atoms with Crippen LogP contribution in [0.15, 0.2) is 53.5 Å². The molecule has 0 spiro atoms. The highest BCUT2D eigenvalue weighted by atomic mass is 19.2. The van der Waals surface area contributed by atoms with E-state index in [2.05, 4.69) is 5.32 Å². The number of para-hydroxylation sites is 1. The van der Waals surface area contributed by atoms with Gasteiger partial charge >= 0.3 is 5.97 Å². The van der Waals surface area contributed by atoms with Crippen molar-refractivity contribution in [2.45, 2.75) is 39.9 Å². The molecule has 0 fully saturated rings. The van der Waals surface area contributed by atoms with E-state index in [9.17, 15) is 23.5 Å². The standard InChI is InChI=1S/C27H24F2N4O3/c1-14-8-20(16(3)30-23-7-5-4-6-19(23)27(35)36)25-31-24(15(2)26(34)33(25)11-14)32-12-17-9-21(28)22(29)10-18(17)13-32/h4-11,16,30H,12-13H2,1-3H3,(H,35,36)/t16-/m1/s1. The van der Waals surface area contributed by atoms with Gasteiger partial charge in [0, 0.05) is 30.5 Å². The monoisotopic (exact) mass is 490 g/mol. The average Bonchev–Trinajstić information content (AvgIpc) is 3.23. The van der Waals surface area contributed by atoms with Gasteiger partial charge in [0.05, 0.1) is 17.2 Å². The number of hydrogen-bond acceptors (Lipinski definition) is 5. The minimum Gasteiger partial charge on any atom is -0.478 e. The van der Waals surface area contributed by atoms with Crippen LogP contribution in [0.5, 0.6) is 0 Å². The summed E-state index contributed by atoms with van der Waals surface area (Å²) in [5.74, 6) is -2.41. The van der Waals surface area contributed by atoms with Crippen molar-refractivity contribution < 1.29 is 18.7 Å². The van der Waals surface area contributed by atoms with Crippen LogP contribution in [-0.2, 0) is 13.1 Å². The molecule has 1 aliphatic rings. The molecule has 2 aromatic heterocycles. The normalized spacial score (nSPS) is 13.6. The molecule has 184 valence electrons. The topological polar surface area (TPSA) is 86.9 Å². The van der Waals surface area contributed by atoms with Crippen molar-refractivity contribution in [1.82, 2.24) is 9.38 Å². The van der Waals surface area contributed by atoms with E-state index in [1.807, 2.05) is 24.8 Å². The van der Waals surface area contributed by atoms with E-state index in [4.69, 9.17) is 4.98 Å². The third-order valence-corrected chi connectivity index (χ3v) is 6.55. The highest BCUT2D eigenvalue weighted by Crippen LogP contribution is 2.32. The van der Waals surface area contributed by atoms with Crippen LogP contribution in [0.4, 0.5) is 20.3 Å². The number of hydrogen-bond donors (Lipinski definition) is 2. The Labute approximate surface area is 205 Å². The van der Waals surface area contributed by atoms with Crippen LogP contribution in [0, 0.1) is 25.5 Å². The number of anilines is 2. The van der Waals surface area contributed by atoms with E-state index in [-0.39, 0.29) is 17.2 Å². The van der Waals surface area contributed by atoms with Gasteiger partial charge in [0.1, 0.15) is 11.5 Å². The zero-order chi connectivity index (χ0) is 25.7. The van der Waals surface area contributed by atoms with Crippen molar-refractivity contribution >= 4 is 23.1 Å². The first-order valence-electron chi connectivity index (χ1n) is 11.5. The number of aromatic carboxylic acids is 1. The number of nitrogens with zero attached hydrogens (tertiary/aromatic N) is 3. The lowest BCUT2D eigenvalue weighted by Gasteiger charge is -2.23. The van der Waals surface area contributed by atoms with E-state index in [1.165, 1.54) is 22.6 Å². The number of fused-ring (bicyclic) bond motifs is 2. The zero-order valence-corrected chi connectivity index (χ0v) is 20.0. The molecule has 3 heterocycles. The molecule has 2 N–H and O–H groups in total. The molecule has 9 heteroatoms. The number of aryl methyl sites for hydroxylation is 1. The van der Waals surface area contributed by atoms with Gasteiger partial charge in [-0.15, -0.1) is 0 Å². The third-order valence-electron chi connectivity index (χ3n) is 6.55. The van der Waals surface area contributed by atoms with Crippen LogP contribution in [-0.4, -0.2) is 20.5 Å². The molecule has 5 rings (SSSR count). The van der Waals surface area contributed by atoms with Crippen molar-refractivity contribution in [3.63, 3.8) is 0 Å². The lowest BCUT2D eigenvalue weighted by Crippen LogP contribution is -2.27. The van der Waals surface area contributed by atoms with E-state index in [1.54, 1.807) is 31.3 Å². The molecule has 4 aromatic rings. The van der Waals surface area contributed by atoms with Crippen molar-refractivity contribution in [2.24, 2.45) is 0 Å². The first-order chi connectivity index (χ1) is 17.1. The van der Waals surface area contributed by atoms with Crippen molar-refractivity contribution in [1.29, 1.82) is 0 Å². The fourth-order valence-corrected chi connectivity index (χ4v) is 4.76. The Bertz CT molecular complexity index is 1570. The van der Waals surface area contributed by atoms with Gasteiger partial charge in [-0.3, -0.25) is 9.20 Å². The van der Waals surface area contributed by atoms with Crippen LogP contribution in [0.1, 0.15) is 51.1 Å². The Hall–Kier alpha value is -4.27. The van der Waals surface area contributed by atoms with Crippen molar-refractivity contribution in [3.8, 4) is 0 Å². The summed E-state index contributed by atoms with van der Waals surface area (Å²) in [6.07, 6.45) is 1.71. The maximum Gasteiger partial charge on any atom is 0.337 e. The summed E-state index contributed by atoms with van der Waals surface area (Å²) in [5, 5.41) is 12.8. The number of rotatable bonds is 5. The van der Waals surface area contributed by atoms with Crippen LogP contribution >= 0.6 is 0 Å². The summed E-state index contributed by atoms with van der Waals surface area (Å²) in [5.41, 5.74) is 4.05. The second-order valence-electron chi connectivity index (χ2n) is 9.14. The third kappa shape index (κ3) is 3.96. The molecule has 7 nitrogen and oxygen atoms in total. The number of carboxylic acids is 1. The Kier molecular flexibility index (Phi) is 5.70. The summed E-state index contributed by atoms with van der Waals surface area (Å²) in [6, 6.07) is 10.5. The number of carbonyl (C=O) groups is 1. The van der Waals surface area contributed by atoms with Gasteiger partial charge < -0.3 is 15.3 Å². The molecule has 0 unspecified atom stereocenters. The molecular weight excluding hydrogens is 466 g/mol. The second kappa shape index (κ2) is 8.75. The highest BCUT2D eigenvalue weighted by molar-refractivity contribution is 5.94. The summed E-state index contributed by atoms with van der Waals surface area (Å²) >= 11 is 0. The number of halogens is 2. The first kappa shape index (κ1) is 23.5. The largest absolute Gasteiger partial charge is 0.478 e. The van der Waals surface area contributed by atoms with Crippen LogP contribution < -0.4 is 15.8 Å². The summed E-state index contributed by atoms with van der Waals surface area (Å²) in [7, 11) is 0. The van der Waals surface area contributed by atoms with Gasteiger partial charge in [-0.1, -0.05) is 12.1 Å². The number of nitrogens with one attached hydrogen (secondary N) is 1. The molecule has 0 radical (unpaired) electrons. The molecule has 2 aromatic carbocycles. The van der Waals surface area contributed by atoms with Gasteiger partial charge in [-0.05, 0) is 67.8 Å². The van der Waals surface area contributed by atoms with Crippen LogP contribution in [0.25, 0.3) is 5.65 Å². The molecule has 0 saturated heterocycles. The molecule has 0 aliphatic carbocycles. The number of carboxylic acid groups (broad SMARTS) is 1. The average molecular weight is 491 g/mol. The van der Waals surface area contributed by atoms with E-state index in [0.29, 0.717) is 52.5 Å². The number of benzene rings is 2. The molecule has 0 saturated carbocycles. The predicted molar refractivity (Wildman–Crippen MR) is 133 cm³/mol. The Balaban J connectivity index is 1.60. The molecule has 1 atom stereocenters. The highest BCUT2D eigenvalue weighted by Gasteiger charge is 2.26. The van der Waals surface area contributed by atoms with E-state index in [0.717, 1.165) is 5.56 Å². The van der Waals surface area contributed by atoms with Crippen LogP contribution in [0.2, 0.25) is 0 Å². The quantitative estimate of drug-likeness (QED) is 0.410. The Morgan fingerprint density at radius 1 is 1.08 bits per heavy atom. The van der Waals surface area contributed by atoms with E-state index >= 15 is 0 Å². The van der Waals surface area contributed by atoms with Crippen molar-refractivity contribution in [2.75, 3.05) is 10.2 Å². The predicted octanol–water partition coefficient (Wildman–Crippen LogP) is 4.98. The maximum atomic E-state index is 13.8. The van der Waals surface area contributed by atoms with Gasteiger partial charge in [0.25, 0.3) is 5.56 Å². The smallest absolute Gasteiger partial charge is 0.337 e. The summed E-state index contributed by atoms with van der Waals surface area (Å²) in [6.45, 7) is 6.04. The van der Waals surface area contributed by atoms with Crippen molar-refractivity contribution in [3.05, 3.63) is 104 Å². The Morgan fingerprint density at radius 3 is 2.36 bits per heavy atom. The minimum absolute atomic E-state index is 0.136. The zero-order valence-electron chi connectivity index (χ0n) is 20.0. The van der Waals surface area contributed by atoms with Gasteiger partial charge in [0.15, 0.2) is 11.6 Å². The molecule has 0 bridgehead atoms. The molecule has 36 heavy (non-hydrogen) atoms. The van der Waals surface area contributed by atoms with Crippen LogP contribution in [0.3, 0.4) is 0 Å². The fourth-order valence-electron chi connectivity index (χ4n) is 4.76. The number of aromatic nitrogens is 2. The maximum absolute atomic E-state index is 13.8. The SMILES string of the molecule is Cc1cc([C@@H](C)Nc2ccccc2C(=O)O)c2nc(N3Cc4cc(F)c(F)cc4C3)c(C)c(=O)n2c1. The lowest BCUT2D eigenvalue weighted by atomic mass is 10.1. The Morgan fingerprint density at radius 2 is 1.72 bits per heavy atom. The fraction of sp³-hybridized carbons (Fsp3) is 0.222. The van der Waals surface area contributed by atoms with Gasteiger partial charge in [-0.2, -0.15) is 0 Å².